The molecule has 27 heavy (non-hydrogen) atoms. The zero-order chi connectivity index (χ0) is 19.0. The van der Waals surface area contributed by atoms with Gasteiger partial charge in [0, 0.05) is 22.3 Å². The van der Waals surface area contributed by atoms with Crippen molar-refractivity contribution in [3.63, 3.8) is 0 Å². The normalized spacial score (nSPS) is 15.5. The van der Waals surface area contributed by atoms with Gasteiger partial charge in [-0.15, -0.1) is 0 Å². The van der Waals surface area contributed by atoms with Crippen molar-refractivity contribution >= 4 is 34.8 Å². The number of nitrogens with zero attached hydrogens (tertiary/aromatic N) is 1. The second-order valence-electron chi connectivity index (χ2n) is 6.00. The van der Waals surface area contributed by atoms with Gasteiger partial charge in [-0.05, 0) is 49.4 Å². The molecule has 0 spiro atoms. The van der Waals surface area contributed by atoms with E-state index in [0.29, 0.717) is 27.9 Å². The highest BCUT2D eigenvalue weighted by molar-refractivity contribution is 6.30. The summed E-state index contributed by atoms with van der Waals surface area (Å²) in [6.45, 7) is 1.66. The number of aromatic nitrogens is 1. The van der Waals surface area contributed by atoms with Gasteiger partial charge in [-0.1, -0.05) is 16.8 Å². The van der Waals surface area contributed by atoms with Crippen molar-refractivity contribution in [3.8, 4) is 17.1 Å². The van der Waals surface area contributed by atoms with Gasteiger partial charge < -0.3 is 19.9 Å². The Bertz CT molecular complexity index is 1030. The second kappa shape index (κ2) is 6.77. The van der Waals surface area contributed by atoms with Gasteiger partial charge in [0.25, 0.3) is 11.8 Å². The van der Waals surface area contributed by atoms with Gasteiger partial charge in [0.1, 0.15) is 5.75 Å². The molecule has 1 atom stereocenters. The molecule has 2 aromatic carbocycles. The van der Waals surface area contributed by atoms with Crippen LogP contribution < -0.4 is 15.4 Å². The largest absolute Gasteiger partial charge is 0.479 e. The van der Waals surface area contributed by atoms with Crippen molar-refractivity contribution in [2.45, 2.75) is 13.0 Å². The fraction of sp³-hybridized carbons (Fsp3) is 0.105. The van der Waals surface area contributed by atoms with Crippen LogP contribution in [0.3, 0.4) is 0 Å². The Kier molecular flexibility index (Phi) is 4.29. The second-order valence-corrected chi connectivity index (χ2v) is 6.43. The molecule has 0 aliphatic carbocycles. The zero-order valence-corrected chi connectivity index (χ0v) is 14.9. The van der Waals surface area contributed by atoms with E-state index in [-0.39, 0.29) is 11.6 Å². The number of fused-ring (bicyclic) bond motifs is 1. The Morgan fingerprint density at radius 2 is 1.96 bits per heavy atom. The van der Waals surface area contributed by atoms with Crippen LogP contribution in [0, 0.1) is 0 Å². The molecule has 2 N–H and O–H groups in total. The van der Waals surface area contributed by atoms with Crippen molar-refractivity contribution in [1.82, 2.24) is 5.16 Å². The number of anilines is 2. The molecule has 7 nitrogen and oxygen atoms in total. The van der Waals surface area contributed by atoms with Gasteiger partial charge in [-0.3, -0.25) is 9.59 Å². The third kappa shape index (κ3) is 3.50. The molecule has 0 radical (unpaired) electrons. The number of benzene rings is 2. The molecule has 1 unspecified atom stereocenters. The van der Waals surface area contributed by atoms with Crippen molar-refractivity contribution in [2.75, 3.05) is 10.6 Å². The third-order valence-corrected chi connectivity index (χ3v) is 4.29. The lowest BCUT2D eigenvalue weighted by molar-refractivity contribution is -0.122. The quantitative estimate of drug-likeness (QED) is 0.713. The first-order valence-electron chi connectivity index (χ1n) is 8.15. The van der Waals surface area contributed by atoms with E-state index < -0.39 is 12.0 Å². The highest BCUT2D eigenvalue weighted by Crippen LogP contribution is 2.32. The highest BCUT2D eigenvalue weighted by atomic mass is 35.5. The van der Waals surface area contributed by atoms with Gasteiger partial charge in [0.15, 0.2) is 17.6 Å². The van der Waals surface area contributed by atoms with Crippen molar-refractivity contribution in [1.29, 1.82) is 0 Å². The Balaban J connectivity index is 1.51. The average molecular weight is 384 g/mol. The van der Waals surface area contributed by atoms with E-state index >= 15 is 0 Å². The molecule has 1 aromatic heterocycles. The SMILES string of the molecule is CC1Oc2ccc(NC(=O)c3cc(-c4ccc(Cl)cc4)on3)cc2NC1=O. The molecule has 2 heterocycles. The van der Waals surface area contributed by atoms with Crippen LogP contribution in [0.5, 0.6) is 5.75 Å². The molecule has 4 rings (SSSR count). The van der Waals surface area contributed by atoms with Crippen LogP contribution in [0.4, 0.5) is 11.4 Å². The Morgan fingerprint density at radius 3 is 2.74 bits per heavy atom. The van der Waals surface area contributed by atoms with Crippen LogP contribution in [-0.2, 0) is 4.79 Å². The van der Waals surface area contributed by atoms with Crippen LogP contribution in [0.1, 0.15) is 17.4 Å². The summed E-state index contributed by atoms with van der Waals surface area (Å²) in [4.78, 5) is 24.1. The van der Waals surface area contributed by atoms with E-state index in [9.17, 15) is 9.59 Å². The highest BCUT2D eigenvalue weighted by Gasteiger charge is 2.24. The Hall–Kier alpha value is -3.32. The summed E-state index contributed by atoms with van der Waals surface area (Å²) in [7, 11) is 0. The van der Waals surface area contributed by atoms with Crippen molar-refractivity contribution in [2.24, 2.45) is 0 Å². The van der Waals surface area contributed by atoms with Gasteiger partial charge >= 0.3 is 0 Å². The molecule has 0 saturated heterocycles. The van der Waals surface area contributed by atoms with Crippen molar-refractivity contribution < 1.29 is 18.8 Å². The molecule has 2 amide bonds. The lowest BCUT2D eigenvalue weighted by Crippen LogP contribution is -2.34. The lowest BCUT2D eigenvalue weighted by atomic mass is 10.1. The van der Waals surface area contributed by atoms with E-state index in [4.69, 9.17) is 20.9 Å². The van der Waals surface area contributed by atoms with Gasteiger partial charge in [0.2, 0.25) is 0 Å². The first kappa shape index (κ1) is 17.1. The summed E-state index contributed by atoms with van der Waals surface area (Å²) in [5.41, 5.74) is 1.88. The molecule has 1 aliphatic heterocycles. The van der Waals surface area contributed by atoms with E-state index in [2.05, 4.69) is 15.8 Å². The number of ether oxygens (including phenoxy) is 1. The first-order chi connectivity index (χ1) is 13.0. The fourth-order valence-electron chi connectivity index (χ4n) is 2.61. The average Bonchev–Trinajstić information content (AvgIpc) is 3.14. The number of nitrogens with one attached hydrogen (secondary N) is 2. The first-order valence-corrected chi connectivity index (χ1v) is 8.53. The maximum Gasteiger partial charge on any atom is 0.277 e. The van der Waals surface area contributed by atoms with Gasteiger partial charge in [-0.2, -0.15) is 0 Å². The number of hydrogen-bond donors (Lipinski definition) is 2. The van der Waals surface area contributed by atoms with Gasteiger partial charge in [0.05, 0.1) is 5.69 Å². The fourth-order valence-corrected chi connectivity index (χ4v) is 2.74. The Labute approximate surface area is 159 Å². The predicted molar refractivity (Wildman–Crippen MR) is 100 cm³/mol. The molecule has 0 fully saturated rings. The summed E-state index contributed by atoms with van der Waals surface area (Å²) in [5.74, 6) is 0.328. The standard InChI is InChI=1S/C19H14ClN3O4/c1-10-18(24)22-14-8-13(6-7-16(14)26-10)21-19(25)15-9-17(27-23-15)11-2-4-12(20)5-3-11/h2-10H,1H3,(H,21,25)(H,22,24). The molecular formula is C19H14ClN3O4. The van der Waals surface area contributed by atoms with Crippen LogP contribution in [0.25, 0.3) is 11.3 Å². The summed E-state index contributed by atoms with van der Waals surface area (Å²) >= 11 is 5.87. The van der Waals surface area contributed by atoms with Crippen LogP contribution in [0.2, 0.25) is 5.02 Å². The zero-order valence-electron chi connectivity index (χ0n) is 14.2. The number of carbonyl (C=O) groups is 2. The number of halogens is 1. The summed E-state index contributed by atoms with van der Waals surface area (Å²) in [6.07, 6.45) is -0.556. The summed E-state index contributed by atoms with van der Waals surface area (Å²) in [5, 5.41) is 9.86. The molecular weight excluding hydrogens is 370 g/mol. The molecule has 1 aliphatic rings. The number of carbonyl (C=O) groups excluding carboxylic acids is 2. The minimum atomic E-state index is -0.556. The maximum atomic E-state index is 12.4. The van der Waals surface area contributed by atoms with Crippen LogP contribution >= 0.6 is 11.6 Å². The Morgan fingerprint density at radius 1 is 1.19 bits per heavy atom. The smallest absolute Gasteiger partial charge is 0.277 e. The monoisotopic (exact) mass is 383 g/mol. The van der Waals surface area contributed by atoms with Gasteiger partial charge in [-0.25, -0.2) is 0 Å². The topological polar surface area (TPSA) is 93.5 Å². The van der Waals surface area contributed by atoms with E-state index in [1.807, 2.05) is 0 Å². The molecule has 8 heteroatoms. The molecule has 3 aromatic rings. The van der Waals surface area contributed by atoms with Crippen LogP contribution in [-0.4, -0.2) is 23.1 Å². The van der Waals surface area contributed by atoms with E-state index in [0.717, 1.165) is 5.56 Å². The lowest BCUT2D eigenvalue weighted by Gasteiger charge is -2.23. The number of amides is 2. The van der Waals surface area contributed by atoms with Crippen molar-refractivity contribution in [3.05, 3.63) is 59.2 Å². The molecule has 136 valence electrons. The summed E-state index contributed by atoms with van der Waals surface area (Å²) < 4.78 is 10.7. The minimum Gasteiger partial charge on any atom is -0.479 e. The van der Waals surface area contributed by atoms with Crippen LogP contribution in [0.15, 0.2) is 53.1 Å². The minimum absolute atomic E-state index is 0.131. The number of rotatable bonds is 3. The predicted octanol–water partition coefficient (Wildman–Crippen LogP) is 3.97. The number of hydrogen-bond acceptors (Lipinski definition) is 5. The van der Waals surface area contributed by atoms with E-state index in [1.165, 1.54) is 0 Å². The third-order valence-electron chi connectivity index (χ3n) is 4.04. The van der Waals surface area contributed by atoms with E-state index in [1.54, 1.807) is 55.5 Å². The summed E-state index contributed by atoms with van der Waals surface area (Å²) in [6, 6.07) is 13.5. The molecule has 0 saturated carbocycles. The maximum absolute atomic E-state index is 12.4. The molecule has 0 bridgehead atoms.